The SMILES string of the molecule is C/C=C\c1oc2cc(-c3nc(-c4ccccc4)nc(-c4ccc(-c5cc(-c6ccccc6)c(-c6ccccc6)c(-c6ccccc6)c5)cc4)n3)ccc2c1C. The van der Waals surface area contributed by atoms with Crippen LogP contribution in [0.4, 0.5) is 0 Å². The highest BCUT2D eigenvalue weighted by atomic mass is 16.3. The molecule has 9 aromatic rings. The number of aromatic nitrogens is 3. The lowest BCUT2D eigenvalue weighted by Gasteiger charge is -2.19. The maximum Gasteiger partial charge on any atom is 0.164 e. The summed E-state index contributed by atoms with van der Waals surface area (Å²) in [7, 11) is 0. The van der Waals surface area contributed by atoms with E-state index in [0.717, 1.165) is 50.1 Å². The van der Waals surface area contributed by atoms with Crippen molar-refractivity contribution in [3.05, 3.63) is 193 Å². The molecule has 4 heteroatoms. The first-order valence-electron chi connectivity index (χ1n) is 18.6. The maximum absolute atomic E-state index is 6.23. The first-order chi connectivity index (χ1) is 27.1. The van der Waals surface area contributed by atoms with Gasteiger partial charge in [0.1, 0.15) is 11.3 Å². The van der Waals surface area contributed by atoms with Crippen LogP contribution in [0, 0.1) is 6.92 Å². The summed E-state index contributed by atoms with van der Waals surface area (Å²) < 4.78 is 6.23. The number of hydrogen-bond acceptors (Lipinski definition) is 4. The number of furan rings is 1. The van der Waals surface area contributed by atoms with Crippen LogP contribution in [0.5, 0.6) is 0 Å². The third kappa shape index (κ3) is 6.67. The van der Waals surface area contributed by atoms with Gasteiger partial charge in [-0.25, -0.2) is 15.0 Å². The van der Waals surface area contributed by atoms with E-state index in [1.54, 1.807) is 0 Å². The van der Waals surface area contributed by atoms with Gasteiger partial charge in [-0.1, -0.05) is 164 Å². The van der Waals surface area contributed by atoms with E-state index in [0.29, 0.717) is 17.5 Å². The molecule has 262 valence electrons. The second kappa shape index (κ2) is 14.7. The van der Waals surface area contributed by atoms with Crippen LogP contribution in [-0.4, -0.2) is 15.0 Å². The average Bonchev–Trinajstić information content (AvgIpc) is 3.58. The predicted octanol–water partition coefficient (Wildman–Crippen LogP) is 13.6. The molecule has 0 fully saturated rings. The van der Waals surface area contributed by atoms with E-state index in [-0.39, 0.29) is 0 Å². The lowest BCUT2D eigenvalue weighted by atomic mass is 9.84. The molecule has 0 amide bonds. The summed E-state index contributed by atoms with van der Waals surface area (Å²) in [6, 6.07) is 61.5. The normalized spacial score (nSPS) is 11.4. The molecule has 0 aliphatic carbocycles. The molecular formula is C51H37N3O. The highest BCUT2D eigenvalue weighted by Crippen LogP contribution is 2.43. The van der Waals surface area contributed by atoms with Gasteiger partial charge in [-0.2, -0.15) is 0 Å². The lowest BCUT2D eigenvalue weighted by molar-refractivity contribution is 0.601. The van der Waals surface area contributed by atoms with Gasteiger partial charge in [-0.3, -0.25) is 0 Å². The van der Waals surface area contributed by atoms with Crippen LogP contribution in [0.1, 0.15) is 18.2 Å². The van der Waals surface area contributed by atoms with E-state index in [4.69, 9.17) is 19.4 Å². The summed E-state index contributed by atoms with van der Waals surface area (Å²) in [5.41, 5.74) is 14.0. The summed E-state index contributed by atoms with van der Waals surface area (Å²) in [6.45, 7) is 4.08. The first kappa shape index (κ1) is 33.7. The van der Waals surface area contributed by atoms with Gasteiger partial charge in [-0.15, -0.1) is 0 Å². The number of rotatable bonds is 8. The van der Waals surface area contributed by atoms with Crippen molar-refractivity contribution in [1.82, 2.24) is 15.0 Å². The van der Waals surface area contributed by atoms with Crippen molar-refractivity contribution >= 4 is 17.0 Å². The minimum Gasteiger partial charge on any atom is -0.456 e. The predicted molar refractivity (Wildman–Crippen MR) is 227 cm³/mol. The largest absolute Gasteiger partial charge is 0.456 e. The Morgan fingerprint density at radius 3 is 1.38 bits per heavy atom. The smallest absolute Gasteiger partial charge is 0.164 e. The van der Waals surface area contributed by atoms with Gasteiger partial charge < -0.3 is 4.42 Å². The Morgan fingerprint density at radius 2 is 0.855 bits per heavy atom. The van der Waals surface area contributed by atoms with Crippen molar-refractivity contribution in [1.29, 1.82) is 0 Å². The van der Waals surface area contributed by atoms with Crippen LogP contribution in [0.15, 0.2) is 186 Å². The summed E-state index contributed by atoms with van der Waals surface area (Å²) in [4.78, 5) is 15.0. The highest BCUT2D eigenvalue weighted by molar-refractivity contribution is 5.98. The second-order valence-electron chi connectivity index (χ2n) is 13.6. The van der Waals surface area contributed by atoms with Gasteiger partial charge in [0.15, 0.2) is 17.5 Å². The maximum atomic E-state index is 6.23. The summed E-state index contributed by atoms with van der Waals surface area (Å²) in [5.74, 6) is 2.67. The fraction of sp³-hybridized carbons (Fsp3) is 0.0392. The third-order valence-electron chi connectivity index (χ3n) is 10.1. The van der Waals surface area contributed by atoms with Crippen molar-refractivity contribution in [2.75, 3.05) is 0 Å². The summed E-state index contributed by atoms with van der Waals surface area (Å²) >= 11 is 0. The molecule has 9 rings (SSSR count). The van der Waals surface area contributed by atoms with Gasteiger partial charge in [-0.05, 0) is 82.6 Å². The van der Waals surface area contributed by atoms with Gasteiger partial charge >= 0.3 is 0 Å². The quantitative estimate of drug-likeness (QED) is 0.158. The van der Waals surface area contributed by atoms with Crippen LogP contribution in [0.25, 0.3) is 95.7 Å². The average molecular weight is 708 g/mol. The van der Waals surface area contributed by atoms with Crippen LogP contribution < -0.4 is 0 Å². The van der Waals surface area contributed by atoms with E-state index in [1.165, 1.54) is 33.4 Å². The molecule has 0 spiro atoms. The fourth-order valence-corrected chi connectivity index (χ4v) is 7.27. The molecule has 0 unspecified atom stereocenters. The van der Waals surface area contributed by atoms with E-state index in [1.807, 2.05) is 55.5 Å². The van der Waals surface area contributed by atoms with Crippen molar-refractivity contribution < 1.29 is 4.42 Å². The van der Waals surface area contributed by atoms with Crippen molar-refractivity contribution in [3.63, 3.8) is 0 Å². The Kier molecular flexibility index (Phi) is 8.99. The second-order valence-corrected chi connectivity index (χ2v) is 13.6. The van der Waals surface area contributed by atoms with E-state index in [9.17, 15) is 0 Å². The van der Waals surface area contributed by atoms with Crippen LogP contribution >= 0.6 is 0 Å². The number of nitrogens with zero attached hydrogens (tertiary/aromatic N) is 3. The van der Waals surface area contributed by atoms with Crippen molar-refractivity contribution in [2.24, 2.45) is 0 Å². The molecule has 55 heavy (non-hydrogen) atoms. The van der Waals surface area contributed by atoms with Crippen LogP contribution in [-0.2, 0) is 0 Å². The fourth-order valence-electron chi connectivity index (χ4n) is 7.27. The minimum absolute atomic E-state index is 0.591. The third-order valence-corrected chi connectivity index (χ3v) is 10.1. The molecule has 2 heterocycles. The number of allylic oxidation sites excluding steroid dienone is 1. The zero-order valence-electron chi connectivity index (χ0n) is 30.6. The molecule has 0 atom stereocenters. The molecule has 0 saturated carbocycles. The van der Waals surface area contributed by atoms with Gasteiger partial charge in [0.25, 0.3) is 0 Å². The number of aryl methyl sites for hydroxylation is 1. The molecule has 7 aromatic carbocycles. The Morgan fingerprint density at radius 1 is 0.418 bits per heavy atom. The van der Waals surface area contributed by atoms with Crippen molar-refractivity contribution in [2.45, 2.75) is 13.8 Å². The Labute approximate surface area is 321 Å². The van der Waals surface area contributed by atoms with Gasteiger partial charge in [0, 0.05) is 27.6 Å². The Bertz CT molecular complexity index is 2730. The molecule has 0 N–H and O–H groups in total. The first-order valence-corrected chi connectivity index (χ1v) is 18.6. The Balaban J connectivity index is 1.17. The Hall–Kier alpha value is -7.17. The number of hydrogen-bond donors (Lipinski definition) is 0. The standard InChI is InChI=1S/C51H37N3O/c1-3-16-46-34(2)43-30-29-41(33-47(43)55-46)51-53-49(39-23-14-7-15-24-39)52-50(54-51)40-27-25-35(26-28-40)42-31-44(36-17-8-4-9-18-36)48(38-21-12-6-13-22-38)45(32-42)37-19-10-5-11-20-37/h3-33H,1-2H3/b16-3-. The van der Waals surface area contributed by atoms with Crippen LogP contribution in [0.3, 0.4) is 0 Å². The molecule has 0 aliphatic heterocycles. The molecule has 0 aliphatic rings. The van der Waals surface area contributed by atoms with E-state index >= 15 is 0 Å². The van der Waals surface area contributed by atoms with Crippen LogP contribution in [0.2, 0.25) is 0 Å². The van der Waals surface area contributed by atoms with Gasteiger partial charge in [0.05, 0.1) is 0 Å². The zero-order chi connectivity index (χ0) is 37.1. The van der Waals surface area contributed by atoms with Crippen molar-refractivity contribution in [3.8, 4) is 78.7 Å². The molecule has 0 bridgehead atoms. The number of fused-ring (bicyclic) bond motifs is 1. The van der Waals surface area contributed by atoms with E-state index in [2.05, 4.69) is 146 Å². The topological polar surface area (TPSA) is 51.8 Å². The minimum atomic E-state index is 0.591. The monoisotopic (exact) mass is 707 g/mol. The molecule has 4 nitrogen and oxygen atoms in total. The molecular weight excluding hydrogens is 671 g/mol. The summed E-state index contributed by atoms with van der Waals surface area (Å²) in [6.07, 6.45) is 3.99. The molecule has 0 radical (unpaired) electrons. The van der Waals surface area contributed by atoms with Gasteiger partial charge in [0.2, 0.25) is 0 Å². The molecule has 0 saturated heterocycles. The van der Waals surface area contributed by atoms with E-state index < -0.39 is 0 Å². The number of benzene rings is 7. The lowest BCUT2D eigenvalue weighted by Crippen LogP contribution is -2.00. The highest BCUT2D eigenvalue weighted by Gasteiger charge is 2.18. The summed E-state index contributed by atoms with van der Waals surface area (Å²) in [5, 5.41) is 1.08. The zero-order valence-corrected chi connectivity index (χ0v) is 30.6. The molecule has 2 aromatic heterocycles.